The van der Waals surface area contributed by atoms with Crippen molar-refractivity contribution in [3.8, 4) is 0 Å². The predicted molar refractivity (Wildman–Crippen MR) is 119 cm³/mol. The van der Waals surface area contributed by atoms with E-state index in [-0.39, 0.29) is 11.2 Å². The molecule has 0 radical (unpaired) electrons. The van der Waals surface area contributed by atoms with Gasteiger partial charge in [0.15, 0.2) is 11.6 Å². The highest BCUT2D eigenvalue weighted by Crippen LogP contribution is 2.37. The minimum Gasteiger partial charge on any atom is -0.350 e. The van der Waals surface area contributed by atoms with E-state index < -0.39 is 11.6 Å². The predicted octanol–water partition coefficient (Wildman–Crippen LogP) is 6.46. The molecule has 0 amide bonds. The summed E-state index contributed by atoms with van der Waals surface area (Å²) in [7, 11) is 0. The number of nitrogens with zero attached hydrogens (tertiary/aromatic N) is 2. The average molecular weight is 431 g/mol. The van der Waals surface area contributed by atoms with Crippen LogP contribution in [0.4, 0.5) is 20.2 Å². The Bertz CT molecular complexity index is 1200. The summed E-state index contributed by atoms with van der Waals surface area (Å²) >= 11 is 2.73. The normalized spacial score (nSPS) is 12.2. The van der Waals surface area contributed by atoms with Gasteiger partial charge in [0.05, 0.1) is 15.9 Å². The Morgan fingerprint density at radius 1 is 1.28 bits per heavy atom. The van der Waals surface area contributed by atoms with Crippen LogP contribution < -0.4 is 11.1 Å². The first kappa shape index (κ1) is 19.9. The van der Waals surface area contributed by atoms with Crippen LogP contribution in [0.2, 0.25) is 0 Å². The van der Waals surface area contributed by atoms with Crippen LogP contribution in [0.25, 0.3) is 26.0 Å². The third kappa shape index (κ3) is 3.88. The van der Waals surface area contributed by atoms with Gasteiger partial charge in [0.1, 0.15) is 16.0 Å². The van der Waals surface area contributed by atoms with Crippen LogP contribution >= 0.6 is 22.7 Å². The summed E-state index contributed by atoms with van der Waals surface area (Å²) in [4.78, 5) is 10.2. The lowest BCUT2D eigenvalue weighted by Crippen LogP contribution is -2.01. The van der Waals surface area contributed by atoms with E-state index in [1.165, 1.54) is 34.3 Å². The lowest BCUT2D eigenvalue weighted by atomic mass is 10.1. The quantitative estimate of drug-likeness (QED) is 0.330. The average Bonchev–Trinajstić information content (AvgIpc) is 3.35. The summed E-state index contributed by atoms with van der Waals surface area (Å²) in [5.41, 5.74) is 9.07. The Morgan fingerprint density at radius 3 is 2.93 bits per heavy atom. The van der Waals surface area contributed by atoms with Gasteiger partial charge in [-0.05, 0) is 30.2 Å². The third-order valence-corrected chi connectivity index (χ3v) is 6.59. The van der Waals surface area contributed by atoms with E-state index in [1.807, 2.05) is 6.07 Å². The molecule has 29 heavy (non-hydrogen) atoms. The highest BCUT2D eigenvalue weighted by molar-refractivity contribution is 7.19. The van der Waals surface area contributed by atoms with Crippen molar-refractivity contribution < 1.29 is 8.78 Å². The monoisotopic (exact) mass is 430 g/mol. The van der Waals surface area contributed by atoms with Gasteiger partial charge in [-0.3, -0.25) is 0 Å². The molecule has 8 heteroatoms. The molecule has 3 aromatic heterocycles. The van der Waals surface area contributed by atoms with E-state index in [0.717, 1.165) is 39.9 Å². The Labute approximate surface area is 175 Å². The Balaban J connectivity index is 1.74. The molecule has 3 N–H and O–H groups in total. The van der Waals surface area contributed by atoms with Crippen LogP contribution in [-0.4, -0.2) is 16.5 Å². The van der Waals surface area contributed by atoms with Crippen molar-refractivity contribution in [2.75, 3.05) is 11.9 Å². The van der Waals surface area contributed by atoms with Crippen LogP contribution in [0.5, 0.6) is 0 Å². The number of fused-ring (bicyclic) bond motifs is 2. The lowest BCUT2D eigenvalue weighted by Gasteiger charge is -2.10. The van der Waals surface area contributed by atoms with Gasteiger partial charge in [-0.1, -0.05) is 25.8 Å². The van der Waals surface area contributed by atoms with Crippen LogP contribution in [0.3, 0.4) is 0 Å². The number of hydrogen-bond acceptors (Lipinski definition) is 6. The SMILES string of the molecule is CCCC/C=C(\CN)c1cc2c(Nc3c(F)cc4scnc4c3F)ccnc2s1. The number of unbranched alkanes of at least 4 members (excludes halogenated alkanes) is 2. The van der Waals surface area contributed by atoms with Crippen LogP contribution in [0, 0.1) is 11.6 Å². The number of rotatable bonds is 7. The molecule has 0 unspecified atom stereocenters. The lowest BCUT2D eigenvalue weighted by molar-refractivity contribution is 0.598. The zero-order valence-electron chi connectivity index (χ0n) is 15.8. The van der Waals surface area contributed by atoms with E-state index >= 15 is 0 Å². The zero-order chi connectivity index (χ0) is 20.4. The van der Waals surface area contributed by atoms with Crippen LogP contribution in [0.1, 0.15) is 31.1 Å². The number of halogens is 2. The smallest absolute Gasteiger partial charge is 0.176 e. The second kappa shape index (κ2) is 8.52. The number of allylic oxidation sites excluding steroid dienone is 1. The Morgan fingerprint density at radius 2 is 2.14 bits per heavy atom. The van der Waals surface area contributed by atoms with E-state index in [9.17, 15) is 8.78 Å². The molecule has 150 valence electrons. The standard InChI is InChI=1S/C21H20F2N4S2/c1-2-3-4-5-12(10-24)16-8-13-15(6-7-25-21(13)29-16)27-19-14(22)9-17-20(18(19)23)26-11-28-17/h5-9,11H,2-4,10,24H2,1H3,(H,25,27)/b12-5+. The van der Waals surface area contributed by atoms with Crippen molar-refractivity contribution in [3.05, 3.63) is 52.5 Å². The second-order valence-electron chi connectivity index (χ2n) is 6.64. The number of nitrogens with one attached hydrogen (secondary N) is 1. The van der Waals surface area contributed by atoms with Gasteiger partial charge in [0, 0.05) is 23.0 Å². The third-order valence-electron chi connectivity index (χ3n) is 4.70. The van der Waals surface area contributed by atoms with Gasteiger partial charge in [-0.25, -0.2) is 18.7 Å². The molecule has 0 aliphatic heterocycles. The molecule has 0 saturated carbocycles. The summed E-state index contributed by atoms with van der Waals surface area (Å²) in [6, 6.07) is 5.00. The number of thiazole rings is 1. The van der Waals surface area contributed by atoms with Crippen molar-refractivity contribution in [3.63, 3.8) is 0 Å². The van der Waals surface area contributed by atoms with Gasteiger partial charge in [0.2, 0.25) is 0 Å². The van der Waals surface area contributed by atoms with Crippen molar-refractivity contribution in [1.29, 1.82) is 0 Å². The minimum atomic E-state index is -0.691. The minimum absolute atomic E-state index is 0.166. The fraction of sp³-hybridized carbons (Fsp3) is 0.238. The van der Waals surface area contributed by atoms with E-state index in [0.29, 0.717) is 16.9 Å². The maximum atomic E-state index is 14.8. The van der Waals surface area contributed by atoms with Crippen molar-refractivity contribution >= 4 is 60.1 Å². The van der Waals surface area contributed by atoms with Crippen molar-refractivity contribution in [2.45, 2.75) is 26.2 Å². The molecule has 0 fully saturated rings. The van der Waals surface area contributed by atoms with E-state index in [2.05, 4.69) is 28.3 Å². The largest absolute Gasteiger partial charge is 0.350 e. The Hall–Kier alpha value is -2.42. The number of aromatic nitrogens is 2. The first-order valence-electron chi connectivity index (χ1n) is 9.38. The van der Waals surface area contributed by atoms with Gasteiger partial charge in [0.25, 0.3) is 0 Å². The maximum absolute atomic E-state index is 14.8. The molecule has 0 aliphatic carbocycles. The molecule has 0 spiro atoms. The summed E-state index contributed by atoms with van der Waals surface area (Å²) in [5.74, 6) is -1.34. The number of anilines is 2. The zero-order valence-corrected chi connectivity index (χ0v) is 17.5. The van der Waals surface area contributed by atoms with Gasteiger partial charge in [-0.15, -0.1) is 22.7 Å². The van der Waals surface area contributed by atoms with Crippen LogP contribution in [-0.2, 0) is 0 Å². The maximum Gasteiger partial charge on any atom is 0.176 e. The highest BCUT2D eigenvalue weighted by atomic mass is 32.1. The highest BCUT2D eigenvalue weighted by Gasteiger charge is 2.18. The van der Waals surface area contributed by atoms with Gasteiger partial charge >= 0.3 is 0 Å². The topological polar surface area (TPSA) is 63.8 Å². The number of thiophene rings is 1. The number of hydrogen-bond donors (Lipinski definition) is 2. The number of benzene rings is 1. The molecule has 0 saturated heterocycles. The molecule has 1 aromatic carbocycles. The molecular formula is C21H20F2N4S2. The fourth-order valence-corrected chi connectivity index (χ4v) is 4.93. The molecule has 4 aromatic rings. The van der Waals surface area contributed by atoms with E-state index in [1.54, 1.807) is 12.3 Å². The first-order valence-corrected chi connectivity index (χ1v) is 11.1. The van der Waals surface area contributed by atoms with Gasteiger partial charge < -0.3 is 11.1 Å². The molecule has 0 bridgehead atoms. The fourth-order valence-electron chi connectivity index (χ4n) is 3.15. The molecule has 4 rings (SSSR count). The molecule has 0 atom stereocenters. The van der Waals surface area contributed by atoms with Gasteiger partial charge in [-0.2, -0.15) is 0 Å². The van der Waals surface area contributed by atoms with Crippen molar-refractivity contribution in [2.24, 2.45) is 5.73 Å². The first-order chi connectivity index (χ1) is 14.1. The second-order valence-corrected chi connectivity index (χ2v) is 8.55. The van der Waals surface area contributed by atoms with Crippen LogP contribution in [0.15, 0.2) is 36.0 Å². The number of nitrogens with two attached hydrogens (primary N) is 1. The summed E-state index contributed by atoms with van der Waals surface area (Å²) in [6.07, 6.45) is 7.00. The summed E-state index contributed by atoms with van der Waals surface area (Å²) in [6.45, 7) is 2.58. The molecule has 4 nitrogen and oxygen atoms in total. The summed E-state index contributed by atoms with van der Waals surface area (Å²) < 4.78 is 29.8. The van der Waals surface area contributed by atoms with Crippen molar-refractivity contribution in [1.82, 2.24) is 9.97 Å². The Kier molecular flexibility index (Phi) is 5.84. The molecule has 0 aliphatic rings. The molecular weight excluding hydrogens is 410 g/mol. The number of pyridine rings is 1. The van der Waals surface area contributed by atoms with E-state index in [4.69, 9.17) is 5.73 Å². The molecule has 3 heterocycles. The summed E-state index contributed by atoms with van der Waals surface area (Å²) in [5, 5.41) is 3.72.